The molecule has 0 radical (unpaired) electrons. The van der Waals surface area contributed by atoms with Crippen molar-refractivity contribution in [2.24, 2.45) is 0 Å². The molecule has 3 fully saturated rings. The fourth-order valence-corrected chi connectivity index (χ4v) is 3.53. The van der Waals surface area contributed by atoms with Gasteiger partial charge >= 0.3 is 0 Å². The molecule has 18 heavy (non-hydrogen) atoms. The molecule has 0 aromatic carbocycles. The van der Waals surface area contributed by atoms with E-state index in [-0.39, 0.29) is 30.7 Å². The molecule has 5 nitrogen and oxygen atoms in total. The molecule has 3 aliphatic heterocycles. The topological polar surface area (TPSA) is 46.2 Å². The zero-order valence-corrected chi connectivity index (χ0v) is 13.2. The Hall–Kier alpha value is 0.530. The van der Waals surface area contributed by atoms with Gasteiger partial charge in [0.2, 0.25) is 0 Å². The highest BCUT2D eigenvalue weighted by molar-refractivity contribution is 14.1. The first-order chi connectivity index (χ1) is 8.31. The number of ether oxygens (including phenoxy) is 5. The van der Waals surface area contributed by atoms with Gasteiger partial charge in [0.05, 0.1) is 6.10 Å². The highest BCUT2D eigenvalue weighted by atomic mass is 127. The summed E-state index contributed by atoms with van der Waals surface area (Å²) in [7, 11) is 0. The second-order valence-corrected chi connectivity index (χ2v) is 6.74. The highest BCUT2D eigenvalue weighted by Gasteiger charge is 2.60. The van der Waals surface area contributed by atoms with Gasteiger partial charge in [-0.05, 0) is 27.7 Å². The molecule has 0 N–H and O–H groups in total. The lowest BCUT2D eigenvalue weighted by atomic mass is 10.0. The van der Waals surface area contributed by atoms with Crippen LogP contribution in [0.5, 0.6) is 0 Å². The monoisotopic (exact) mass is 370 g/mol. The van der Waals surface area contributed by atoms with Crippen LogP contribution in [0.4, 0.5) is 0 Å². The lowest BCUT2D eigenvalue weighted by Crippen LogP contribution is -2.55. The summed E-state index contributed by atoms with van der Waals surface area (Å²) in [5.74, 6) is -1.22. The second kappa shape index (κ2) is 4.26. The van der Waals surface area contributed by atoms with Crippen LogP contribution in [0.15, 0.2) is 0 Å². The number of hydrogen-bond donors (Lipinski definition) is 0. The van der Waals surface area contributed by atoms with Crippen molar-refractivity contribution >= 4 is 22.6 Å². The van der Waals surface area contributed by atoms with Gasteiger partial charge in [0.15, 0.2) is 17.9 Å². The van der Waals surface area contributed by atoms with Crippen molar-refractivity contribution in [2.45, 2.75) is 70.0 Å². The van der Waals surface area contributed by atoms with E-state index in [0.29, 0.717) is 0 Å². The molecule has 3 heterocycles. The van der Waals surface area contributed by atoms with Crippen molar-refractivity contribution in [1.29, 1.82) is 0 Å². The van der Waals surface area contributed by atoms with Crippen LogP contribution >= 0.6 is 22.6 Å². The Morgan fingerprint density at radius 3 is 2.06 bits per heavy atom. The molecule has 5 atom stereocenters. The molecule has 0 aromatic rings. The standard InChI is InChI=1S/C12H19IO5/c1-11(2)15-7-6(5-13)14-10-9(8(7)16-11)17-12(3,4)18-10/h6-10H,5H2,1-4H3. The van der Waals surface area contributed by atoms with Crippen LogP contribution in [0.2, 0.25) is 0 Å². The molecule has 5 unspecified atom stereocenters. The van der Waals surface area contributed by atoms with Crippen molar-refractivity contribution in [3.8, 4) is 0 Å². The van der Waals surface area contributed by atoms with Gasteiger partial charge in [-0.3, -0.25) is 0 Å². The van der Waals surface area contributed by atoms with E-state index in [9.17, 15) is 0 Å². The van der Waals surface area contributed by atoms with E-state index >= 15 is 0 Å². The summed E-state index contributed by atoms with van der Waals surface area (Å²) >= 11 is 2.30. The van der Waals surface area contributed by atoms with Crippen LogP contribution in [0, 0.1) is 0 Å². The lowest BCUT2D eigenvalue weighted by Gasteiger charge is -2.36. The molecular formula is C12H19IO5. The van der Waals surface area contributed by atoms with Crippen LogP contribution in [-0.2, 0) is 23.7 Å². The van der Waals surface area contributed by atoms with Gasteiger partial charge in [-0.1, -0.05) is 22.6 Å². The minimum atomic E-state index is -0.629. The zero-order chi connectivity index (χ0) is 13.1. The minimum absolute atomic E-state index is 0.0175. The predicted molar refractivity (Wildman–Crippen MR) is 71.4 cm³/mol. The minimum Gasteiger partial charge on any atom is -0.343 e. The Labute approximate surface area is 121 Å². The molecule has 104 valence electrons. The fraction of sp³-hybridized carbons (Fsp3) is 1.00. The summed E-state index contributed by atoms with van der Waals surface area (Å²) < 4.78 is 30.4. The Morgan fingerprint density at radius 2 is 1.39 bits per heavy atom. The van der Waals surface area contributed by atoms with Gasteiger partial charge in [-0.25, -0.2) is 0 Å². The number of alkyl halides is 1. The second-order valence-electron chi connectivity index (χ2n) is 5.86. The van der Waals surface area contributed by atoms with Crippen LogP contribution in [0.3, 0.4) is 0 Å². The van der Waals surface area contributed by atoms with Crippen LogP contribution in [-0.4, -0.2) is 46.7 Å². The van der Waals surface area contributed by atoms with Crippen LogP contribution in [0.25, 0.3) is 0 Å². The van der Waals surface area contributed by atoms with Crippen molar-refractivity contribution in [3.05, 3.63) is 0 Å². The van der Waals surface area contributed by atoms with Crippen molar-refractivity contribution in [1.82, 2.24) is 0 Å². The predicted octanol–water partition coefficient (Wildman–Crippen LogP) is 1.82. The first-order valence-electron chi connectivity index (χ1n) is 6.24. The van der Waals surface area contributed by atoms with Crippen molar-refractivity contribution in [3.63, 3.8) is 0 Å². The summed E-state index contributed by atoms with van der Waals surface area (Å²) in [6, 6.07) is 0. The van der Waals surface area contributed by atoms with Gasteiger partial charge in [0.25, 0.3) is 0 Å². The highest BCUT2D eigenvalue weighted by Crippen LogP contribution is 2.44. The molecule has 3 saturated heterocycles. The average molecular weight is 370 g/mol. The Morgan fingerprint density at radius 1 is 0.833 bits per heavy atom. The molecular weight excluding hydrogens is 351 g/mol. The summed E-state index contributed by atoms with van der Waals surface area (Å²) in [6.07, 6.45) is -0.809. The summed E-state index contributed by atoms with van der Waals surface area (Å²) in [5, 5.41) is 0. The van der Waals surface area contributed by atoms with Gasteiger partial charge in [0.1, 0.15) is 18.3 Å². The third-order valence-corrected chi connectivity index (χ3v) is 4.27. The average Bonchev–Trinajstić information content (AvgIpc) is 2.71. The van der Waals surface area contributed by atoms with Gasteiger partial charge in [0, 0.05) is 4.43 Å². The van der Waals surface area contributed by atoms with E-state index in [1.807, 2.05) is 27.7 Å². The molecule has 0 bridgehead atoms. The molecule has 0 amide bonds. The Bertz CT molecular complexity index is 345. The number of rotatable bonds is 1. The van der Waals surface area contributed by atoms with E-state index in [0.717, 1.165) is 4.43 Å². The number of fused-ring (bicyclic) bond motifs is 3. The summed E-state index contributed by atoms with van der Waals surface area (Å²) in [5.41, 5.74) is 0. The van der Waals surface area contributed by atoms with Crippen LogP contribution in [0.1, 0.15) is 27.7 Å². The van der Waals surface area contributed by atoms with Crippen molar-refractivity contribution in [2.75, 3.05) is 4.43 Å². The van der Waals surface area contributed by atoms with Crippen LogP contribution < -0.4 is 0 Å². The van der Waals surface area contributed by atoms with E-state index in [4.69, 9.17) is 23.7 Å². The quantitative estimate of drug-likeness (QED) is 0.521. The smallest absolute Gasteiger partial charge is 0.190 e. The third-order valence-electron chi connectivity index (χ3n) is 3.40. The maximum atomic E-state index is 5.98. The Kier molecular flexibility index (Phi) is 3.20. The normalized spacial score (nSPS) is 48.8. The molecule has 3 aliphatic rings. The molecule has 0 saturated carbocycles. The molecule has 0 aliphatic carbocycles. The Balaban J connectivity index is 1.86. The number of hydrogen-bond acceptors (Lipinski definition) is 5. The maximum absolute atomic E-state index is 5.98. The first-order valence-corrected chi connectivity index (χ1v) is 7.77. The summed E-state index contributed by atoms with van der Waals surface area (Å²) in [6.45, 7) is 7.63. The number of halogens is 1. The third kappa shape index (κ3) is 2.20. The largest absolute Gasteiger partial charge is 0.343 e. The van der Waals surface area contributed by atoms with Gasteiger partial charge < -0.3 is 23.7 Å². The molecule has 6 heteroatoms. The molecule has 0 spiro atoms. The maximum Gasteiger partial charge on any atom is 0.190 e. The first kappa shape index (κ1) is 13.5. The zero-order valence-electron chi connectivity index (χ0n) is 11.0. The fourth-order valence-electron chi connectivity index (χ4n) is 2.82. The van der Waals surface area contributed by atoms with Gasteiger partial charge in [-0.15, -0.1) is 0 Å². The van der Waals surface area contributed by atoms with E-state index < -0.39 is 11.6 Å². The van der Waals surface area contributed by atoms with Gasteiger partial charge in [-0.2, -0.15) is 0 Å². The lowest BCUT2D eigenvalue weighted by molar-refractivity contribution is -0.227. The summed E-state index contributed by atoms with van der Waals surface area (Å²) in [4.78, 5) is 0. The molecule has 0 aromatic heterocycles. The van der Waals surface area contributed by atoms with E-state index in [1.54, 1.807) is 0 Å². The SMILES string of the molecule is CC1(C)OC2OC(CI)C3OC(C)(C)OC3C2O1. The van der Waals surface area contributed by atoms with Crippen molar-refractivity contribution < 1.29 is 23.7 Å². The van der Waals surface area contributed by atoms with E-state index in [2.05, 4.69) is 22.6 Å². The van der Waals surface area contributed by atoms with E-state index in [1.165, 1.54) is 0 Å². The molecule has 3 rings (SSSR count).